The molecule has 0 fully saturated rings. The molecule has 1 heterocycles. The first-order valence-corrected chi connectivity index (χ1v) is 7.15. The van der Waals surface area contributed by atoms with Gasteiger partial charge in [-0.25, -0.2) is 0 Å². The number of amides is 1. The molecule has 20 heavy (non-hydrogen) atoms. The van der Waals surface area contributed by atoms with Crippen LogP contribution >= 0.6 is 0 Å². The number of anilines is 1. The number of hydrogen-bond donors (Lipinski definition) is 0. The lowest BCUT2D eigenvalue weighted by atomic mass is 10.0. The molecule has 1 aromatic rings. The quantitative estimate of drug-likeness (QED) is 0.450. The molecule has 0 aromatic heterocycles. The maximum Gasteiger partial charge on any atom is 0.299 e. The molecule has 0 bridgehead atoms. The van der Waals surface area contributed by atoms with Crippen LogP contribution in [-0.2, 0) is 4.79 Å². The van der Waals surface area contributed by atoms with Crippen molar-refractivity contribution in [3.8, 4) is 0 Å². The first kappa shape index (κ1) is 14.5. The van der Waals surface area contributed by atoms with Gasteiger partial charge in [-0.3, -0.25) is 9.59 Å². The highest BCUT2D eigenvalue weighted by atomic mass is 16.2. The molecule has 0 saturated heterocycles. The van der Waals surface area contributed by atoms with Gasteiger partial charge in [-0.1, -0.05) is 24.6 Å². The third-order valence-corrected chi connectivity index (χ3v) is 3.81. The third-order valence-electron chi connectivity index (χ3n) is 3.81. The summed E-state index contributed by atoms with van der Waals surface area (Å²) in [7, 11) is 0. The molecule has 0 saturated carbocycles. The molecule has 0 aliphatic carbocycles. The average molecular weight is 271 g/mol. The maximum atomic E-state index is 12.1. The van der Waals surface area contributed by atoms with Crippen LogP contribution in [0.25, 0.3) is 0 Å². The summed E-state index contributed by atoms with van der Waals surface area (Å²) < 4.78 is 0. The van der Waals surface area contributed by atoms with Gasteiger partial charge in [-0.15, -0.1) is 6.58 Å². The highest BCUT2D eigenvalue weighted by Crippen LogP contribution is 2.34. The van der Waals surface area contributed by atoms with E-state index >= 15 is 0 Å². The van der Waals surface area contributed by atoms with E-state index in [0.717, 1.165) is 42.5 Å². The monoisotopic (exact) mass is 271 g/mol. The van der Waals surface area contributed by atoms with Crippen molar-refractivity contribution in [2.75, 3.05) is 11.4 Å². The molecule has 0 N–H and O–H groups in total. The maximum absolute atomic E-state index is 12.1. The Labute approximate surface area is 120 Å². The van der Waals surface area contributed by atoms with Crippen molar-refractivity contribution in [2.24, 2.45) is 0 Å². The smallest absolute Gasteiger partial charge is 0.299 e. The minimum Gasteiger partial charge on any atom is -0.304 e. The summed E-state index contributed by atoms with van der Waals surface area (Å²) in [6, 6.07) is 3.89. The Bertz CT molecular complexity index is 560. The van der Waals surface area contributed by atoms with E-state index in [2.05, 4.69) is 6.58 Å². The zero-order chi connectivity index (χ0) is 14.7. The van der Waals surface area contributed by atoms with Crippen molar-refractivity contribution >= 4 is 17.4 Å². The molecular formula is C17H21NO2. The van der Waals surface area contributed by atoms with Crippen molar-refractivity contribution in [1.29, 1.82) is 0 Å². The normalized spacial score (nSPS) is 13.8. The molecular weight excluding hydrogens is 250 g/mol. The third kappa shape index (κ3) is 2.53. The number of allylic oxidation sites excluding steroid dienone is 1. The number of aryl methyl sites for hydroxylation is 2. The summed E-state index contributed by atoms with van der Waals surface area (Å²) in [4.78, 5) is 25.9. The molecule has 1 aliphatic rings. The lowest BCUT2D eigenvalue weighted by molar-refractivity contribution is -0.114. The Morgan fingerprint density at radius 2 is 1.80 bits per heavy atom. The van der Waals surface area contributed by atoms with Crippen LogP contribution in [0, 0.1) is 13.8 Å². The van der Waals surface area contributed by atoms with Crippen LogP contribution in [0.1, 0.15) is 47.2 Å². The topological polar surface area (TPSA) is 37.4 Å². The highest BCUT2D eigenvalue weighted by Gasteiger charge is 2.37. The molecule has 0 unspecified atom stereocenters. The van der Waals surface area contributed by atoms with Crippen molar-refractivity contribution in [2.45, 2.75) is 39.5 Å². The van der Waals surface area contributed by atoms with E-state index in [0.29, 0.717) is 12.1 Å². The van der Waals surface area contributed by atoms with Gasteiger partial charge < -0.3 is 4.90 Å². The van der Waals surface area contributed by atoms with E-state index in [1.54, 1.807) is 4.90 Å². The molecule has 3 nitrogen and oxygen atoms in total. The van der Waals surface area contributed by atoms with Gasteiger partial charge in [0.2, 0.25) is 0 Å². The van der Waals surface area contributed by atoms with E-state index < -0.39 is 0 Å². The molecule has 0 spiro atoms. The van der Waals surface area contributed by atoms with Crippen molar-refractivity contribution < 1.29 is 9.59 Å². The number of hydrogen-bond acceptors (Lipinski definition) is 2. The minimum absolute atomic E-state index is 0.354. The number of Topliss-reactive ketones (excluding diaryl/α,β-unsaturated/α-hetero) is 1. The minimum atomic E-state index is -0.374. The second-order valence-corrected chi connectivity index (χ2v) is 5.35. The molecule has 1 amide bonds. The number of fused-ring (bicyclic) bond motifs is 1. The molecule has 0 radical (unpaired) electrons. The number of benzene rings is 1. The van der Waals surface area contributed by atoms with Gasteiger partial charge in [-0.05, 0) is 44.2 Å². The molecule has 0 atom stereocenters. The summed E-state index contributed by atoms with van der Waals surface area (Å²) in [5.74, 6) is -0.728. The Hall–Kier alpha value is -1.90. The molecule has 3 heteroatoms. The fraction of sp³-hybridized carbons (Fsp3) is 0.412. The van der Waals surface area contributed by atoms with Crippen LogP contribution in [0.2, 0.25) is 0 Å². The summed E-state index contributed by atoms with van der Waals surface area (Å²) in [5.41, 5.74) is 3.30. The number of ketones is 1. The van der Waals surface area contributed by atoms with E-state index in [1.807, 2.05) is 32.1 Å². The van der Waals surface area contributed by atoms with Crippen LogP contribution in [0.4, 0.5) is 5.69 Å². The summed E-state index contributed by atoms with van der Waals surface area (Å²) in [5, 5.41) is 0. The summed E-state index contributed by atoms with van der Waals surface area (Å²) in [6.07, 6.45) is 5.96. The summed E-state index contributed by atoms with van der Waals surface area (Å²) >= 11 is 0. The number of carbonyl (C=O) groups excluding carboxylic acids is 2. The molecule has 106 valence electrons. The number of carbonyl (C=O) groups is 2. The highest BCUT2D eigenvalue weighted by molar-refractivity contribution is 6.52. The zero-order valence-corrected chi connectivity index (χ0v) is 12.2. The Morgan fingerprint density at radius 3 is 2.50 bits per heavy atom. The zero-order valence-electron chi connectivity index (χ0n) is 12.2. The standard InChI is InChI=1S/C17H21NO2/c1-4-5-6-7-8-11-18-15-13(3)10-9-12(2)14(15)16(19)17(18)20/h4,9-10H,1,5-8,11H2,2-3H3. The molecule has 2 rings (SSSR count). The summed E-state index contributed by atoms with van der Waals surface area (Å²) in [6.45, 7) is 8.16. The van der Waals surface area contributed by atoms with Crippen LogP contribution in [0.3, 0.4) is 0 Å². The van der Waals surface area contributed by atoms with Gasteiger partial charge in [0, 0.05) is 6.54 Å². The first-order chi connectivity index (χ1) is 9.57. The largest absolute Gasteiger partial charge is 0.304 e. The number of rotatable bonds is 6. The van der Waals surface area contributed by atoms with Crippen LogP contribution < -0.4 is 4.90 Å². The van der Waals surface area contributed by atoms with E-state index in [9.17, 15) is 9.59 Å². The van der Waals surface area contributed by atoms with Crippen LogP contribution in [-0.4, -0.2) is 18.2 Å². The first-order valence-electron chi connectivity index (χ1n) is 7.15. The lowest BCUT2D eigenvalue weighted by Crippen LogP contribution is -2.31. The SMILES string of the molecule is C=CCCCCCN1C(=O)C(=O)c2c(C)ccc(C)c21. The van der Waals surface area contributed by atoms with Gasteiger partial charge in [0.25, 0.3) is 11.7 Å². The Balaban J connectivity index is 2.16. The van der Waals surface area contributed by atoms with Gasteiger partial charge >= 0.3 is 0 Å². The van der Waals surface area contributed by atoms with Crippen molar-refractivity contribution in [1.82, 2.24) is 0 Å². The van der Waals surface area contributed by atoms with Crippen LogP contribution in [0.5, 0.6) is 0 Å². The van der Waals surface area contributed by atoms with Crippen molar-refractivity contribution in [3.63, 3.8) is 0 Å². The number of nitrogens with zero attached hydrogens (tertiary/aromatic N) is 1. The molecule has 1 aliphatic heterocycles. The fourth-order valence-electron chi connectivity index (χ4n) is 2.71. The molecule has 1 aromatic carbocycles. The second kappa shape index (κ2) is 6.04. The van der Waals surface area contributed by atoms with Crippen molar-refractivity contribution in [3.05, 3.63) is 41.5 Å². The predicted molar refractivity (Wildman–Crippen MR) is 81.3 cm³/mol. The van der Waals surface area contributed by atoms with Gasteiger partial charge in [0.15, 0.2) is 0 Å². The van der Waals surface area contributed by atoms with E-state index in [-0.39, 0.29) is 11.7 Å². The van der Waals surface area contributed by atoms with Gasteiger partial charge in [0.05, 0.1) is 11.3 Å². The van der Waals surface area contributed by atoms with Gasteiger partial charge in [-0.2, -0.15) is 0 Å². The van der Waals surface area contributed by atoms with Crippen LogP contribution in [0.15, 0.2) is 24.8 Å². The average Bonchev–Trinajstić information content (AvgIpc) is 2.68. The fourth-order valence-corrected chi connectivity index (χ4v) is 2.71. The Morgan fingerprint density at radius 1 is 1.10 bits per heavy atom. The number of unbranched alkanes of at least 4 members (excludes halogenated alkanes) is 3. The predicted octanol–water partition coefficient (Wildman–Crippen LogP) is 3.58. The lowest BCUT2D eigenvalue weighted by Gasteiger charge is -2.18. The van der Waals surface area contributed by atoms with E-state index in [1.165, 1.54) is 0 Å². The van der Waals surface area contributed by atoms with Gasteiger partial charge in [0.1, 0.15) is 0 Å². The Kier molecular flexibility index (Phi) is 4.38. The van der Waals surface area contributed by atoms with E-state index in [4.69, 9.17) is 0 Å². The second-order valence-electron chi connectivity index (χ2n) is 5.35.